The molecule has 0 saturated carbocycles. The third kappa shape index (κ3) is 2.90. The summed E-state index contributed by atoms with van der Waals surface area (Å²) in [5, 5.41) is 0. The molecule has 0 unspecified atom stereocenters. The van der Waals surface area contributed by atoms with Gasteiger partial charge >= 0.3 is 6.18 Å². The summed E-state index contributed by atoms with van der Waals surface area (Å²) >= 11 is 0. The van der Waals surface area contributed by atoms with Crippen molar-refractivity contribution in [2.24, 2.45) is 0 Å². The van der Waals surface area contributed by atoms with Gasteiger partial charge in [-0.2, -0.15) is 13.2 Å². The summed E-state index contributed by atoms with van der Waals surface area (Å²) in [4.78, 5) is 0. The SMILES string of the molecule is CC.Cc1c(F)cc(F)c(C(F)(F)F)c1F. The molecule has 0 saturated heterocycles. The predicted octanol–water partition coefficient (Wildman–Crippen LogP) is 4.46. The van der Waals surface area contributed by atoms with Gasteiger partial charge in [-0.3, -0.25) is 0 Å². The van der Waals surface area contributed by atoms with Crippen molar-refractivity contribution in [2.75, 3.05) is 0 Å². The Morgan fingerprint density at radius 2 is 1.38 bits per heavy atom. The molecular weight excluding hydrogens is 234 g/mol. The largest absolute Gasteiger partial charge is 0.422 e. The molecule has 0 aliphatic carbocycles. The number of halogens is 6. The van der Waals surface area contributed by atoms with E-state index in [4.69, 9.17) is 0 Å². The molecule has 0 aromatic heterocycles. The molecule has 0 atom stereocenters. The number of benzene rings is 1. The Bertz CT molecular complexity index is 367. The van der Waals surface area contributed by atoms with Gasteiger partial charge in [-0.25, -0.2) is 13.2 Å². The molecule has 0 amide bonds. The van der Waals surface area contributed by atoms with Crippen LogP contribution in [0.15, 0.2) is 6.07 Å². The van der Waals surface area contributed by atoms with Gasteiger partial charge in [0.2, 0.25) is 0 Å². The first-order chi connectivity index (χ1) is 7.25. The van der Waals surface area contributed by atoms with Crippen LogP contribution in [0.3, 0.4) is 0 Å². The molecule has 0 radical (unpaired) electrons. The van der Waals surface area contributed by atoms with Gasteiger partial charge in [0.15, 0.2) is 0 Å². The Morgan fingerprint density at radius 1 is 0.938 bits per heavy atom. The zero-order valence-corrected chi connectivity index (χ0v) is 8.85. The first-order valence-corrected chi connectivity index (χ1v) is 4.46. The molecular formula is C10H10F6. The van der Waals surface area contributed by atoms with Crippen molar-refractivity contribution in [1.82, 2.24) is 0 Å². The van der Waals surface area contributed by atoms with Gasteiger partial charge in [-0.05, 0) is 6.92 Å². The van der Waals surface area contributed by atoms with Crippen molar-refractivity contribution in [1.29, 1.82) is 0 Å². The van der Waals surface area contributed by atoms with Gasteiger partial charge in [0.05, 0.1) is 0 Å². The lowest BCUT2D eigenvalue weighted by atomic mass is 10.1. The molecule has 0 heterocycles. The molecule has 6 heteroatoms. The molecule has 0 nitrogen and oxygen atoms in total. The van der Waals surface area contributed by atoms with E-state index >= 15 is 0 Å². The zero-order chi connectivity index (χ0) is 13.1. The minimum Gasteiger partial charge on any atom is -0.206 e. The van der Waals surface area contributed by atoms with Crippen molar-refractivity contribution in [3.8, 4) is 0 Å². The number of rotatable bonds is 0. The van der Waals surface area contributed by atoms with Crippen LogP contribution in [0, 0.1) is 24.4 Å². The molecule has 1 aromatic carbocycles. The van der Waals surface area contributed by atoms with Crippen LogP contribution < -0.4 is 0 Å². The molecule has 0 fully saturated rings. The van der Waals surface area contributed by atoms with E-state index in [1.807, 2.05) is 13.8 Å². The van der Waals surface area contributed by atoms with Gasteiger partial charge in [-0.15, -0.1) is 0 Å². The summed E-state index contributed by atoms with van der Waals surface area (Å²) < 4.78 is 74.0. The van der Waals surface area contributed by atoms with Gasteiger partial charge in [0, 0.05) is 11.6 Å². The fourth-order valence-electron chi connectivity index (χ4n) is 0.949. The molecule has 0 bridgehead atoms. The average molecular weight is 244 g/mol. The highest BCUT2D eigenvalue weighted by molar-refractivity contribution is 5.30. The van der Waals surface area contributed by atoms with Gasteiger partial charge in [0.1, 0.15) is 23.0 Å². The molecule has 0 spiro atoms. The highest BCUT2D eigenvalue weighted by atomic mass is 19.4. The van der Waals surface area contributed by atoms with Crippen molar-refractivity contribution < 1.29 is 26.3 Å². The topological polar surface area (TPSA) is 0 Å². The van der Waals surface area contributed by atoms with Crippen LogP contribution in [0.4, 0.5) is 26.3 Å². The third-order valence-corrected chi connectivity index (χ3v) is 1.68. The molecule has 92 valence electrons. The van der Waals surface area contributed by atoms with Crippen molar-refractivity contribution >= 4 is 0 Å². The smallest absolute Gasteiger partial charge is 0.206 e. The summed E-state index contributed by atoms with van der Waals surface area (Å²) in [6, 6.07) is 0.0151. The maximum absolute atomic E-state index is 12.8. The maximum Gasteiger partial charge on any atom is 0.422 e. The molecule has 1 aromatic rings. The summed E-state index contributed by atoms with van der Waals surface area (Å²) in [6.07, 6.45) is -5.16. The summed E-state index contributed by atoms with van der Waals surface area (Å²) in [5.41, 5.74) is -2.91. The second-order valence-corrected chi connectivity index (χ2v) is 2.65. The normalized spacial score (nSPS) is 10.8. The lowest BCUT2D eigenvalue weighted by molar-refractivity contribution is -0.142. The minimum atomic E-state index is -5.16. The van der Waals surface area contributed by atoms with E-state index in [0.29, 0.717) is 0 Å². The Hall–Kier alpha value is -1.20. The fraction of sp³-hybridized carbons (Fsp3) is 0.400. The van der Waals surface area contributed by atoms with Gasteiger partial charge in [0.25, 0.3) is 0 Å². The monoisotopic (exact) mass is 244 g/mol. The standard InChI is InChI=1S/C8H4F6.C2H6/c1-3-4(9)2-5(10)6(7(3)11)8(12,13)14;1-2/h2H,1H3;1-2H3. The predicted molar refractivity (Wildman–Crippen MR) is 47.4 cm³/mol. The Balaban J connectivity index is 0.00000106. The van der Waals surface area contributed by atoms with E-state index in [1.165, 1.54) is 0 Å². The van der Waals surface area contributed by atoms with Crippen LogP contribution in [-0.2, 0) is 6.18 Å². The lowest BCUT2D eigenvalue weighted by Gasteiger charge is -2.10. The van der Waals surface area contributed by atoms with Crippen LogP contribution in [-0.4, -0.2) is 0 Å². The van der Waals surface area contributed by atoms with E-state index in [1.54, 1.807) is 0 Å². The quantitative estimate of drug-likeness (QED) is 0.591. The van der Waals surface area contributed by atoms with Crippen LogP contribution in [0.5, 0.6) is 0 Å². The summed E-state index contributed by atoms with van der Waals surface area (Å²) in [5.74, 6) is -5.19. The molecule has 0 N–H and O–H groups in total. The van der Waals surface area contributed by atoms with E-state index in [2.05, 4.69) is 0 Å². The van der Waals surface area contributed by atoms with Crippen molar-refractivity contribution in [3.63, 3.8) is 0 Å². The minimum absolute atomic E-state index is 0.0151. The third-order valence-electron chi connectivity index (χ3n) is 1.68. The van der Waals surface area contributed by atoms with Gasteiger partial charge < -0.3 is 0 Å². The summed E-state index contributed by atoms with van der Waals surface area (Å²) in [6.45, 7) is 4.80. The van der Waals surface area contributed by atoms with Crippen molar-refractivity contribution in [2.45, 2.75) is 26.9 Å². The highest BCUT2D eigenvalue weighted by Gasteiger charge is 2.39. The maximum atomic E-state index is 12.8. The molecule has 0 aliphatic heterocycles. The Kier molecular flexibility index (Phi) is 4.83. The van der Waals surface area contributed by atoms with E-state index in [0.717, 1.165) is 6.92 Å². The van der Waals surface area contributed by atoms with Gasteiger partial charge in [-0.1, -0.05) is 13.8 Å². The second kappa shape index (κ2) is 5.23. The van der Waals surface area contributed by atoms with Crippen molar-refractivity contribution in [3.05, 3.63) is 34.6 Å². The number of alkyl halides is 3. The number of hydrogen-bond donors (Lipinski definition) is 0. The van der Waals surface area contributed by atoms with Crippen LogP contribution >= 0.6 is 0 Å². The first kappa shape index (κ1) is 14.8. The first-order valence-electron chi connectivity index (χ1n) is 4.46. The van der Waals surface area contributed by atoms with E-state index in [9.17, 15) is 26.3 Å². The summed E-state index contributed by atoms with van der Waals surface area (Å²) in [7, 11) is 0. The molecule has 16 heavy (non-hydrogen) atoms. The highest BCUT2D eigenvalue weighted by Crippen LogP contribution is 2.35. The average Bonchev–Trinajstić information content (AvgIpc) is 2.15. The number of hydrogen-bond acceptors (Lipinski definition) is 0. The van der Waals surface area contributed by atoms with Crippen LogP contribution in [0.2, 0.25) is 0 Å². The second-order valence-electron chi connectivity index (χ2n) is 2.65. The molecule has 0 aliphatic rings. The van der Waals surface area contributed by atoms with E-state index < -0.39 is 34.8 Å². The fourth-order valence-corrected chi connectivity index (χ4v) is 0.949. The Morgan fingerprint density at radius 3 is 1.75 bits per heavy atom. The lowest BCUT2D eigenvalue weighted by Crippen LogP contribution is -2.13. The molecule has 1 rings (SSSR count). The Labute approximate surface area is 88.9 Å². The van der Waals surface area contributed by atoms with Crippen LogP contribution in [0.1, 0.15) is 25.0 Å². The van der Waals surface area contributed by atoms with Crippen LogP contribution in [0.25, 0.3) is 0 Å². The zero-order valence-electron chi connectivity index (χ0n) is 8.85. The van der Waals surface area contributed by atoms with E-state index in [-0.39, 0.29) is 6.07 Å².